The molecule has 1 aromatic rings. The van der Waals surface area contributed by atoms with E-state index in [1.807, 2.05) is 0 Å². The molecule has 0 saturated heterocycles. The van der Waals surface area contributed by atoms with Crippen LogP contribution in [0, 0.1) is 18.8 Å². The van der Waals surface area contributed by atoms with Crippen molar-refractivity contribution >= 4 is 0 Å². The summed E-state index contributed by atoms with van der Waals surface area (Å²) in [6.07, 6.45) is 0. The monoisotopic (exact) mass is 165 g/mol. The Balaban J connectivity index is 3.02. The predicted molar refractivity (Wildman–Crippen MR) is 44.3 cm³/mol. The standard InChI is InChI=1S/C9H11NO2/c1-4-5-9(3,11)8-6-7(2)12-10-8/h6,11H,1-3H3. The van der Waals surface area contributed by atoms with E-state index in [0.29, 0.717) is 11.5 Å². The molecule has 1 rings (SSSR count). The molecular formula is C9H11NO2. The van der Waals surface area contributed by atoms with Crippen LogP contribution in [0.4, 0.5) is 0 Å². The van der Waals surface area contributed by atoms with Crippen LogP contribution in [-0.4, -0.2) is 10.3 Å². The zero-order valence-electron chi connectivity index (χ0n) is 7.38. The minimum absolute atomic E-state index is 0.453. The van der Waals surface area contributed by atoms with Crippen molar-refractivity contribution in [2.75, 3.05) is 0 Å². The lowest BCUT2D eigenvalue weighted by molar-refractivity contribution is 0.112. The summed E-state index contributed by atoms with van der Waals surface area (Å²) in [4.78, 5) is 0. The second-order valence-corrected chi connectivity index (χ2v) is 2.77. The van der Waals surface area contributed by atoms with E-state index in [0.717, 1.165) is 0 Å². The number of aromatic nitrogens is 1. The van der Waals surface area contributed by atoms with Crippen LogP contribution in [0.3, 0.4) is 0 Å². The molecule has 64 valence electrons. The van der Waals surface area contributed by atoms with Crippen molar-refractivity contribution in [2.24, 2.45) is 0 Å². The fourth-order valence-electron chi connectivity index (χ4n) is 0.903. The quantitative estimate of drug-likeness (QED) is 0.636. The average molecular weight is 165 g/mol. The topological polar surface area (TPSA) is 46.3 Å². The minimum Gasteiger partial charge on any atom is -0.372 e. The van der Waals surface area contributed by atoms with Gasteiger partial charge in [-0.1, -0.05) is 11.1 Å². The number of aryl methyl sites for hydroxylation is 1. The van der Waals surface area contributed by atoms with Gasteiger partial charge in [0.15, 0.2) is 5.60 Å². The van der Waals surface area contributed by atoms with Crippen LogP contribution in [0.1, 0.15) is 25.3 Å². The summed E-state index contributed by atoms with van der Waals surface area (Å²) in [6.45, 7) is 5.02. The molecule has 0 saturated carbocycles. The molecule has 0 bridgehead atoms. The molecule has 0 amide bonds. The number of aliphatic hydroxyl groups is 1. The molecule has 1 heterocycles. The number of rotatable bonds is 1. The van der Waals surface area contributed by atoms with Gasteiger partial charge in [-0.15, -0.1) is 5.92 Å². The first-order valence-corrected chi connectivity index (χ1v) is 3.66. The second-order valence-electron chi connectivity index (χ2n) is 2.77. The van der Waals surface area contributed by atoms with Crippen LogP contribution in [0.25, 0.3) is 0 Å². The summed E-state index contributed by atoms with van der Waals surface area (Å²) < 4.78 is 4.82. The number of hydrogen-bond donors (Lipinski definition) is 1. The maximum absolute atomic E-state index is 9.70. The van der Waals surface area contributed by atoms with Gasteiger partial charge < -0.3 is 9.63 Å². The first-order chi connectivity index (χ1) is 5.56. The van der Waals surface area contributed by atoms with E-state index in [2.05, 4.69) is 17.0 Å². The van der Waals surface area contributed by atoms with Gasteiger partial charge in [-0.2, -0.15) is 0 Å². The van der Waals surface area contributed by atoms with Gasteiger partial charge in [0.2, 0.25) is 0 Å². The zero-order chi connectivity index (χ0) is 9.19. The minimum atomic E-state index is -1.20. The molecule has 0 aliphatic carbocycles. The average Bonchev–Trinajstić information content (AvgIpc) is 2.36. The van der Waals surface area contributed by atoms with E-state index in [9.17, 15) is 5.11 Å². The Hall–Kier alpha value is -1.27. The third kappa shape index (κ3) is 1.66. The summed E-state index contributed by atoms with van der Waals surface area (Å²) in [5, 5.41) is 13.4. The SMILES string of the molecule is CC#CC(C)(O)c1cc(C)on1. The van der Waals surface area contributed by atoms with E-state index >= 15 is 0 Å². The lowest BCUT2D eigenvalue weighted by Gasteiger charge is -2.10. The van der Waals surface area contributed by atoms with Crippen LogP contribution in [0.15, 0.2) is 10.6 Å². The molecule has 1 atom stereocenters. The van der Waals surface area contributed by atoms with Crippen molar-refractivity contribution in [3.05, 3.63) is 17.5 Å². The molecule has 1 aromatic heterocycles. The van der Waals surface area contributed by atoms with Gasteiger partial charge in [0.25, 0.3) is 0 Å². The van der Waals surface area contributed by atoms with E-state index in [1.165, 1.54) is 0 Å². The lowest BCUT2D eigenvalue weighted by Crippen LogP contribution is -2.18. The Morgan fingerprint density at radius 3 is 2.75 bits per heavy atom. The molecule has 0 aliphatic rings. The molecule has 0 fully saturated rings. The van der Waals surface area contributed by atoms with E-state index in [1.54, 1.807) is 26.8 Å². The fraction of sp³-hybridized carbons (Fsp3) is 0.444. The Kier molecular flexibility index (Phi) is 2.20. The summed E-state index contributed by atoms with van der Waals surface area (Å²) in [7, 11) is 0. The summed E-state index contributed by atoms with van der Waals surface area (Å²) in [5.74, 6) is 5.94. The maximum Gasteiger partial charge on any atom is 0.168 e. The molecule has 0 radical (unpaired) electrons. The fourth-order valence-corrected chi connectivity index (χ4v) is 0.903. The molecule has 1 N–H and O–H groups in total. The molecular weight excluding hydrogens is 154 g/mol. The predicted octanol–water partition coefficient (Wildman–Crippen LogP) is 1.21. The van der Waals surface area contributed by atoms with Crippen molar-refractivity contribution in [3.8, 4) is 11.8 Å². The van der Waals surface area contributed by atoms with Gasteiger partial charge in [0, 0.05) is 6.07 Å². The Labute approximate surface area is 71.4 Å². The van der Waals surface area contributed by atoms with E-state index in [4.69, 9.17) is 4.52 Å². The normalized spacial score (nSPS) is 14.7. The molecule has 3 nitrogen and oxygen atoms in total. The van der Waals surface area contributed by atoms with Crippen molar-refractivity contribution in [2.45, 2.75) is 26.4 Å². The Morgan fingerprint density at radius 1 is 1.67 bits per heavy atom. The molecule has 0 spiro atoms. The van der Waals surface area contributed by atoms with Crippen LogP contribution in [0.2, 0.25) is 0 Å². The molecule has 0 aromatic carbocycles. The van der Waals surface area contributed by atoms with Crippen LogP contribution in [0.5, 0.6) is 0 Å². The Bertz CT molecular complexity index is 328. The highest BCUT2D eigenvalue weighted by Crippen LogP contribution is 2.18. The van der Waals surface area contributed by atoms with Crippen molar-refractivity contribution < 1.29 is 9.63 Å². The van der Waals surface area contributed by atoms with Crippen LogP contribution >= 0.6 is 0 Å². The molecule has 3 heteroatoms. The molecule has 1 unspecified atom stereocenters. The third-order valence-electron chi connectivity index (χ3n) is 1.50. The summed E-state index contributed by atoms with van der Waals surface area (Å²) in [6, 6.07) is 1.67. The van der Waals surface area contributed by atoms with Gasteiger partial charge in [0.05, 0.1) is 0 Å². The maximum atomic E-state index is 9.70. The smallest absolute Gasteiger partial charge is 0.168 e. The van der Waals surface area contributed by atoms with Crippen LogP contribution < -0.4 is 0 Å². The van der Waals surface area contributed by atoms with Gasteiger partial charge in [0.1, 0.15) is 11.5 Å². The van der Waals surface area contributed by atoms with Crippen molar-refractivity contribution in [3.63, 3.8) is 0 Å². The first-order valence-electron chi connectivity index (χ1n) is 3.66. The number of hydrogen-bond acceptors (Lipinski definition) is 3. The van der Waals surface area contributed by atoms with Gasteiger partial charge >= 0.3 is 0 Å². The number of nitrogens with zero attached hydrogens (tertiary/aromatic N) is 1. The van der Waals surface area contributed by atoms with E-state index in [-0.39, 0.29) is 0 Å². The Morgan fingerprint density at radius 2 is 2.33 bits per heavy atom. The first kappa shape index (κ1) is 8.82. The summed E-state index contributed by atoms with van der Waals surface area (Å²) >= 11 is 0. The molecule has 12 heavy (non-hydrogen) atoms. The second kappa shape index (κ2) is 3.00. The van der Waals surface area contributed by atoms with Crippen molar-refractivity contribution in [1.29, 1.82) is 0 Å². The highest BCUT2D eigenvalue weighted by molar-refractivity contribution is 5.24. The van der Waals surface area contributed by atoms with Gasteiger partial charge in [-0.25, -0.2) is 0 Å². The highest BCUT2D eigenvalue weighted by Gasteiger charge is 2.23. The van der Waals surface area contributed by atoms with Crippen molar-refractivity contribution in [1.82, 2.24) is 5.16 Å². The van der Waals surface area contributed by atoms with Gasteiger partial charge in [-0.05, 0) is 20.8 Å². The third-order valence-corrected chi connectivity index (χ3v) is 1.50. The summed E-state index contributed by atoms with van der Waals surface area (Å²) in [5.41, 5.74) is -0.749. The largest absolute Gasteiger partial charge is 0.372 e. The lowest BCUT2D eigenvalue weighted by atomic mass is 10.0. The van der Waals surface area contributed by atoms with Gasteiger partial charge in [-0.3, -0.25) is 0 Å². The van der Waals surface area contributed by atoms with Crippen LogP contribution in [-0.2, 0) is 5.60 Å². The zero-order valence-corrected chi connectivity index (χ0v) is 7.38. The highest BCUT2D eigenvalue weighted by atomic mass is 16.5. The van der Waals surface area contributed by atoms with E-state index < -0.39 is 5.60 Å². The molecule has 0 aliphatic heterocycles.